The van der Waals surface area contributed by atoms with E-state index >= 15 is 0 Å². The molecule has 1 atom stereocenters. The van der Waals surface area contributed by atoms with Crippen LogP contribution in [-0.2, 0) is 4.79 Å². The first-order valence-electron chi connectivity index (χ1n) is 7.21. The Morgan fingerprint density at radius 1 is 1.46 bits per heavy atom. The van der Waals surface area contributed by atoms with Gasteiger partial charge in [0, 0.05) is 16.6 Å². The molecule has 1 amide bonds. The number of carbonyl (C=O) groups excluding carboxylic acids is 1. The molecule has 0 bridgehead atoms. The van der Waals surface area contributed by atoms with E-state index in [0.717, 1.165) is 10.6 Å². The van der Waals surface area contributed by atoms with Crippen molar-refractivity contribution in [3.8, 4) is 16.5 Å². The average Bonchev–Trinajstić information content (AvgIpc) is 3.20. The molecule has 0 saturated carbocycles. The lowest BCUT2D eigenvalue weighted by Crippen LogP contribution is -2.30. The molecule has 3 rings (SSSR count). The first kappa shape index (κ1) is 16.5. The third-order valence-corrected chi connectivity index (χ3v) is 4.38. The van der Waals surface area contributed by atoms with Crippen LogP contribution in [0.1, 0.15) is 12.5 Å². The van der Waals surface area contributed by atoms with Gasteiger partial charge in [0.1, 0.15) is 16.5 Å². The minimum Gasteiger partial charge on any atom is -0.481 e. The van der Waals surface area contributed by atoms with Crippen LogP contribution in [0.4, 0.5) is 5.69 Å². The van der Waals surface area contributed by atoms with Crippen LogP contribution in [0.15, 0.2) is 36.0 Å². The third kappa shape index (κ3) is 3.58. The van der Waals surface area contributed by atoms with Crippen LogP contribution < -0.4 is 10.1 Å². The fourth-order valence-corrected chi connectivity index (χ4v) is 2.99. The van der Waals surface area contributed by atoms with Gasteiger partial charge in [0.05, 0.1) is 11.9 Å². The Labute approximate surface area is 147 Å². The molecule has 0 radical (unpaired) electrons. The molecule has 1 unspecified atom stereocenters. The SMILES string of the molecule is Cc1cc(Cl)ccc1OC(C)C(=O)Nc1cn[nH]c1-c1nccs1. The van der Waals surface area contributed by atoms with E-state index in [-0.39, 0.29) is 5.91 Å². The Morgan fingerprint density at radius 2 is 2.29 bits per heavy atom. The number of aromatic nitrogens is 3. The molecule has 8 heteroatoms. The highest BCUT2D eigenvalue weighted by molar-refractivity contribution is 7.13. The summed E-state index contributed by atoms with van der Waals surface area (Å²) in [5.74, 6) is 0.345. The van der Waals surface area contributed by atoms with Crippen molar-refractivity contribution in [2.75, 3.05) is 5.32 Å². The van der Waals surface area contributed by atoms with Crippen LogP contribution in [-0.4, -0.2) is 27.2 Å². The number of benzene rings is 1. The molecule has 0 spiro atoms. The summed E-state index contributed by atoms with van der Waals surface area (Å²) in [6, 6.07) is 5.27. The van der Waals surface area contributed by atoms with Crippen LogP contribution in [0.2, 0.25) is 5.02 Å². The Balaban J connectivity index is 1.70. The summed E-state index contributed by atoms with van der Waals surface area (Å²) in [4.78, 5) is 16.6. The van der Waals surface area contributed by atoms with Gasteiger partial charge in [0.15, 0.2) is 6.10 Å². The number of nitrogens with zero attached hydrogens (tertiary/aromatic N) is 2. The minimum absolute atomic E-state index is 0.274. The molecule has 2 N–H and O–H groups in total. The van der Waals surface area contributed by atoms with Crippen molar-refractivity contribution < 1.29 is 9.53 Å². The van der Waals surface area contributed by atoms with Crippen molar-refractivity contribution >= 4 is 34.5 Å². The second kappa shape index (κ2) is 7.02. The molecular formula is C16H15ClN4O2S. The standard InChI is InChI=1S/C16H15ClN4O2S/c1-9-7-11(17)3-4-13(9)23-10(2)15(22)20-12-8-19-21-14(12)16-18-5-6-24-16/h3-8,10H,1-2H3,(H,19,21)(H,20,22). The summed E-state index contributed by atoms with van der Waals surface area (Å²) in [7, 11) is 0. The molecular weight excluding hydrogens is 348 g/mol. The first-order valence-corrected chi connectivity index (χ1v) is 8.47. The number of nitrogens with one attached hydrogen (secondary N) is 2. The molecule has 3 aromatic rings. The molecule has 0 aliphatic rings. The number of ether oxygens (including phenoxy) is 1. The maximum absolute atomic E-state index is 12.4. The third-order valence-electron chi connectivity index (χ3n) is 3.35. The van der Waals surface area contributed by atoms with E-state index in [1.807, 2.05) is 12.3 Å². The van der Waals surface area contributed by atoms with Gasteiger partial charge in [-0.25, -0.2) is 4.98 Å². The van der Waals surface area contributed by atoms with E-state index in [1.165, 1.54) is 11.3 Å². The number of thiazole rings is 1. The summed E-state index contributed by atoms with van der Waals surface area (Å²) in [6.07, 6.45) is 2.57. The quantitative estimate of drug-likeness (QED) is 0.721. The molecule has 0 aliphatic carbocycles. The van der Waals surface area contributed by atoms with Crippen LogP contribution in [0.25, 0.3) is 10.7 Å². The molecule has 24 heavy (non-hydrogen) atoms. The molecule has 0 fully saturated rings. The molecule has 2 aromatic heterocycles. The van der Waals surface area contributed by atoms with Crippen LogP contribution >= 0.6 is 22.9 Å². The summed E-state index contributed by atoms with van der Waals surface area (Å²) < 4.78 is 5.73. The number of carbonyl (C=O) groups is 1. The van der Waals surface area contributed by atoms with Gasteiger partial charge < -0.3 is 10.1 Å². The van der Waals surface area contributed by atoms with E-state index < -0.39 is 6.10 Å². The van der Waals surface area contributed by atoms with E-state index in [0.29, 0.717) is 22.2 Å². The lowest BCUT2D eigenvalue weighted by atomic mass is 10.2. The topological polar surface area (TPSA) is 79.9 Å². The Kier molecular flexibility index (Phi) is 4.82. The number of H-pyrrole nitrogens is 1. The van der Waals surface area contributed by atoms with E-state index in [2.05, 4.69) is 20.5 Å². The van der Waals surface area contributed by atoms with Crippen LogP contribution in [0, 0.1) is 6.92 Å². The van der Waals surface area contributed by atoms with Gasteiger partial charge in [-0.3, -0.25) is 9.89 Å². The number of anilines is 1. The van der Waals surface area contributed by atoms with Crippen molar-refractivity contribution in [3.63, 3.8) is 0 Å². The molecule has 124 valence electrons. The summed E-state index contributed by atoms with van der Waals surface area (Å²) in [5.41, 5.74) is 2.11. The van der Waals surface area contributed by atoms with Gasteiger partial charge in [0.25, 0.3) is 5.91 Å². The number of aromatic amines is 1. The molecule has 0 aliphatic heterocycles. The van der Waals surface area contributed by atoms with Gasteiger partial charge in [-0.05, 0) is 37.6 Å². The number of halogens is 1. The van der Waals surface area contributed by atoms with Crippen molar-refractivity contribution in [2.45, 2.75) is 20.0 Å². The average molecular weight is 363 g/mol. The van der Waals surface area contributed by atoms with Gasteiger partial charge in [-0.15, -0.1) is 11.3 Å². The number of aryl methyl sites for hydroxylation is 1. The Bertz CT molecular complexity index is 848. The summed E-state index contributed by atoms with van der Waals surface area (Å²) >= 11 is 7.39. The van der Waals surface area contributed by atoms with Crippen molar-refractivity contribution in [1.29, 1.82) is 0 Å². The van der Waals surface area contributed by atoms with Crippen molar-refractivity contribution in [3.05, 3.63) is 46.6 Å². The largest absolute Gasteiger partial charge is 0.481 e. The molecule has 1 aromatic carbocycles. The van der Waals surface area contributed by atoms with E-state index in [9.17, 15) is 4.79 Å². The maximum Gasteiger partial charge on any atom is 0.265 e. The summed E-state index contributed by atoms with van der Waals surface area (Å²) in [6.45, 7) is 3.56. The van der Waals surface area contributed by atoms with Crippen LogP contribution in [0.3, 0.4) is 0 Å². The Hall–Kier alpha value is -2.38. The first-order chi connectivity index (χ1) is 11.5. The van der Waals surface area contributed by atoms with E-state index in [1.54, 1.807) is 37.5 Å². The smallest absolute Gasteiger partial charge is 0.265 e. The zero-order valence-corrected chi connectivity index (χ0v) is 14.6. The van der Waals surface area contributed by atoms with E-state index in [4.69, 9.17) is 16.3 Å². The van der Waals surface area contributed by atoms with Gasteiger partial charge in [-0.1, -0.05) is 11.6 Å². The zero-order chi connectivity index (χ0) is 17.1. The number of hydrogen-bond donors (Lipinski definition) is 2. The predicted molar refractivity (Wildman–Crippen MR) is 94.6 cm³/mol. The highest BCUT2D eigenvalue weighted by atomic mass is 35.5. The Morgan fingerprint density at radius 3 is 3.00 bits per heavy atom. The van der Waals surface area contributed by atoms with Gasteiger partial charge >= 0.3 is 0 Å². The number of hydrogen-bond acceptors (Lipinski definition) is 5. The minimum atomic E-state index is -0.677. The molecule has 0 saturated heterocycles. The zero-order valence-electron chi connectivity index (χ0n) is 13.0. The second-order valence-electron chi connectivity index (χ2n) is 5.16. The number of rotatable bonds is 5. The maximum atomic E-state index is 12.4. The second-order valence-corrected chi connectivity index (χ2v) is 6.49. The summed E-state index contributed by atoms with van der Waals surface area (Å²) in [5, 5.41) is 12.9. The lowest BCUT2D eigenvalue weighted by Gasteiger charge is -2.16. The van der Waals surface area contributed by atoms with Crippen LogP contribution in [0.5, 0.6) is 5.75 Å². The molecule has 2 heterocycles. The highest BCUT2D eigenvalue weighted by Gasteiger charge is 2.19. The van der Waals surface area contributed by atoms with Gasteiger partial charge in [-0.2, -0.15) is 5.10 Å². The molecule has 6 nitrogen and oxygen atoms in total. The normalized spacial score (nSPS) is 12.0. The van der Waals surface area contributed by atoms with Crippen molar-refractivity contribution in [2.24, 2.45) is 0 Å². The predicted octanol–water partition coefficient (Wildman–Crippen LogP) is 3.90. The fourth-order valence-electron chi connectivity index (χ4n) is 2.11. The van der Waals surface area contributed by atoms with Crippen molar-refractivity contribution in [1.82, 2.24) is 15.2 Å². The fraction of sp³-hybridized carbons (Fsp3) is 0.188. The lowest BCUT2D eigenvalue weighted by molar-refractivity contribution is -0.122. The van der Waals surface area contributed by atoms with Gasteiger partial charge in [0.2, 0.25) is 0 Å². The highest BCUT2D eigenvalue weighted by Crippen LogP contribution is 2.27. The monoisotopic (exact) mass is 362 g/mol. The number of amides is 1.